The summed E-state index contributed by atoms with van der Waals surface area (Å²) in [5, 5.41) is 2.37. The second-order valence-electron chi connectivity index (χ2n) is 3.90. The van der Waals surface area contributed by atoms with Gasteiger partial charge in [-0.3, -0.25) is 4.79 Å². The maximum atomic E-state index is 12.6. The lowest BCUT2D eigenvalue weighted by Gasteiger charge is -2.12. The number of nitrogens with two attached hydrogens (primary N) is 1. The van der Waals surface area contributed by atoms with E-state index in [4.69, 9.17) is 5.73 Å². The fraction of sp³-hybridized carbons (Fsp3) is 0.400. The summed E-state index contributed by atoms with van der Waals surface area (Å²) in [6, 6.07) is 1.50. The van der Waals surface area contributed by atoms with Crippen molar-refractivity contribution in [2.24, 2.45) is 5.73 Å². The number of amides is 1. The Morgan fingerprint density at radius 3 is 2.48 bits per heavy atom. The number of primary amides is 1. The first-order valence-electron chi connectivity index (χ1n) is 5.60. The molecule has 0 fully saturated rings. The number of carbonyl (C=O) groups excluding carboxylic acids is 1. The number of rotatable bonds is 6. The molecule has 7 nitrogen and oxygen atoms in total. The summed E-state index contributed by atoms with van der Waals surface area (Å²) in [6.07, 6.45) is -4.69. The smallest absolute Gasteiger partial charge is 0.368 e. The minimum atomic E-state index is -4.69. The normalized spacial score (nSPS) is 12.2. The Morgan fingerprint density at radius 1 is 1.38 bits per heavy atom. The van der Waals surface area contributed by atoms with E-state index in [0.29, 0.717) is 6.07 Å². The minimum absolute atomic E-state index is 0.238. The van der Waals surface area contributed by atoms with Crippen LogP contribution in [0.1, 0.15) is 16.1 Å². The summed E-state index contributed by atoms with van der Waals surface area (Å²) in [6.45, 7) is -0.238. The molecular formula is C10H13F3N4O3S. The SMILES string of the molecule is CNS(=O)(=O)CCNc1nc(C(F)(F)F)ccc1C(N)=O. The van der Waals surface area contributed by atoms with Crippen molar-refractivity contribution < 1.29 is 26.4 Å². The summed E-state index contributed by atoms with van der Waals surface area (Å²) in [7, 11) is -2.34. The Bertz CT molecular complexity index is 631. The van der Waals surface area contributed by atoms with Crippen molar-refractivity contribution in [3.05, 3.63) is 23.4 Å². The van der Waals surface area contributed by atoms with E-state index in [1.54, 1.807) is 0 Å². The zero-order valence-corrected chi connectivity index (χ0v) is 11.7. The molecular weight excluding hydrogens is 313 g/mol. The number of hydrogen-bond donors (Lipinski definition) is 3. The van der Waals surface area contributed by atoms with Gasteiger partial charge in [-0.05, 0) is 19.2 Å². The number of alkyl halides is 3. The summed E-state index contributed by atoms with van der Waals surface area (Å²) >= 11 is 0. The monoisotopic (exact) mass is 326 g/mol. The minimum Gasteiger partial charge on any atom is -0.368 e. The van der Waals surface area contributed by atoms with Crippen LogP contribution in [0.15, 0.2) is 12.1 Å². The molecule has 1 aromatic heterocycles. The van der Waals surface area contributed by atoms with Crippen LogP contribution >= 0.6 is 0 Å². The van der Waals surface area contributed by atoms with Crippen molar-refractivity contribution in [3.8, 4) is 0 Å². The lowest BCUT2D eigenvalue weighted by atomic mass is 10.2. The van der Waals surface area contributed by atoms with E-state index in [0.717, 1.165) is 6.07 Å². The van der Waals surface area contributed by atoms with Crippen LogP contribution in [0.4, 0.5) is 19.0 Å². The molecule has 0 saturated carbocycles. The Balaban J connectivity index is 3.00. The standard InChI is InChI=1S/C10H13F3N4O3S/c1-15-21(19,20)5-4-16-9-6(8(14)18)2-3-7(17-9)10(11,12)13/h2-3,15H,4-5H2,1H3,(H2,14,18)(H,16,17). The van der Waals surface area contributed by atoms with E-state index in [9.17, 15) is 26.4 Å². The van der Waals surface area contributed by atoms with Crippen LogP contribution in [0.2, 0.25) is 0 Å². The number of carbonyl (C=O) groups is 1. The highest BCUT2D eigenvalue weighted by Gasteiger charge is 2.33. The van der Waals surface area contributed by atoms with Crippen LogP contribution in [0.5, 0.6) is 0 Å². The third kappa shape index (κ3) is 4.86. The molecule has 0 aliphatic rings. The first-order chi connectivity index (χ1) is 9.57. The second kappa shape index (κ2) is 6.26. The van der Waals surface area contributed by atoms with E-state index in [-0.39, 0.29) is 12.1 Å². The average Bonchev–Trinajstić information content (AvgIpc) is 2.37. The topological polar surface area (TPSA) is 114 Å². The number of halogens is 3. The molecule has 1 aromatic rings. The molecule has 21 heavy (non-hydrogen) atoms. The van der Waals surface area contributed by atoms with Crippen molar-refractivity contribution in [1.29, 1.82) is 0 Å². The number of sulfonamides is 1. The predicted octanol–water partition coefficient (Wildman–Crippen LogP) is 0.160. The van der Waals surface area contributed by atoms with Gasteiger partial charge in [0, 0.05) is 6.54 Å². The highest BCUT2D eigenvalue weighted by Crippen LogP contribution is 2.29. The van der Waals surface area contributed by atoms with Gasteiger partial charge in [-0.25, -0.2) is 18.1 Å². The van der Waals surface area contributed by atoms with Crippen LogP contribution in [-0.2, 0) is 16.2 Å². The molecule has 0 saturated heterocycles. The van der Waals surface area contributed by atoms with E-state index < -0.39 is 39.4 Å². The number of nitrogens with zero attached hydrogens (tertiary/aromatic N) is 1. The van der Waals surface area contributed by atoms with Gasteiger partial charge in [0.2, 0.25) is 10.0 Å². The van der Waals surface area contributed by atoms with E-state index in [2.05, 4.69) is 10.3 Å². The van der Waals surface area contributed by atoms with Crippen LogP contribution in [0.25, 0.3) is 0 Å². The number of hydrogen-bond acceptors (Lipinski definition) is 5. The molecule has 0 spiro atoms. The van der Waals surface area contributed by atoms with Crippen molar-refractivity contribution in [2.45, 2.75) is 6.18 Å². The Labute approximate surface area is 118 Å². The second-order valence-corrected chi connectivity index (χ2v) is 5.95. The van der Waals surface area contributed by atoms with E-state index in [1.165, 1.54) is 7.05 Å². The average molecular weight is 326 g/mol. The van der Waals surface area contributed by atoms with E-state index in [1.807, 2.05) is 4.72 Å². The number of aromatic nitrogens is 1. The predicted molar refractivity (Wildman–Crippen MR) is 69.1 cm³/mol. The van der Waals surface area contributed by atoms with Crippen LogP contribution < -0.4 is 15.8 Å². The Morgan fingerprint density at radius 2 is 2.00 bits per heavy atom. The van der Waals surface area contributed by atoms with Gasteiger partial charge in [-0.15, -0.1) is 0 Å². The van der Waals surface area contributed by atoms with Gasteiger partial charge in [-0.2, -0.15) is 13.2 Å². The maximum Gasteiger partial charge on any atom is 0.433 e. The fourth-order valence-electron chi connectivity index (χ4n) is 1.36. The Hall–Kier alpha value is -1.88. The van der Waals surface area contributed by atoms with E-state index >= 15 is 0 Å². The van der Waals surface area contributed by atoms with Gasteiger partial charge >= 0.3 is 6.18 Å². The molecule has 0 radical (unpaired) electrons. The van der Waals surface area contributed by atoms with Crippen molar-refractivity contribution >= 4 is 21.7 Å². The molecule has 1 amide bonds. The molecule has 0 unspecified atom stereocenters. The first kappa shape index (κ1) is 17.2. The van der Waals surface area contributed by atoms with Gasteiger partial charge in [0.05, 0.1) is 11.3 Å². The quantitative estimate of drug-likeness (QED) is 0.689. The molecule has 0 atom stereocenters. The lowest BCUT2D eigenvalue weighted by Crippen LogP contribution is -2.27. The van der Waals surface area contributed by atoms with Gasteiger partial charge in [-0.1, -0.05) is 0 Å². The largest absolute Gasteiger partial charge is 0.433 e. The molecule has 4 N–H and O–H groups in total. The molecule has 1 heterocycles. The molecule has 0 aliphatic heterocycles. The summed E-state index contributed by atoms with van der Waals surface area (Å²) in [5.74, 6) is -1.79. The Kier molecular flexibility index (Phi) is 5.12. The molecule has 118 valence electrons. The zero-order chi connectivity index (χ0) is 16.3. The summed E-state index contributed by atoms with van der Waals surface area (Å²) < 4.78 is 62.1. The van der Waals surface area contributed by atoms with Crippen LogP contribution in [0.3, 0.4) is 0 Å². The molecule has 1 rings (SSSR count). The molecule has 11 heteroatoms. The van der Waals surface area contributed by atoms with Crippen molar-refractivity contribution in [3.63, 3.8) is 0 Å². The highest BCUT2D eigenvalue weighted by atomic mass is 32.2. The highest BCUT2D eigenvalue weighted by molar-refractivity contribution is 7.89. The van der Waals surface area contributed by atoms with Crippen molar-refractivity contribution in [2.75, 3.05) is 24.7 Å². The van der Waals surface area contributed by atoms with Gasteiger partial charge in [0.1, 0.15) is 11.5 Å². The number of nitrogens with one attached hydrogen (secondary N) is 2. The summed E-state index contributed by atoms with van der Waals surface area (Å²) in [4.78, 5) is 14.4. The van der Waals surface area contributed by atoms with Gasteiger partial charge in [0.15, 0.2) is 0 Å². The molecule has 0 bridgehead atoms. The van der Waals surface area contributed by atoms with Crippen molar-refractivity contribution in [1.82, 2.24) is 9.71 Å². The number of anilines is 1. The number of pyridine rings is 1. The van der Waals surface area contributed by atoms with Crippen LogP contribution in [0, 0.1) is 0 Å². The lowest BCUT2D eigenvalue weighted by molar-refractivity contribution is -0.141. The zero-order valence-electron chi connectivity index (χ0n) is 10.9. The molecule has 0 aromatic carbocycles. The maximum absolute atomic E-state index is 12.6. The van der Waals surface area contributed by atoms with Crippen LogP contribution in [-0.4, -0.2) is 38.7 Å². The third-order valence-corrected chi connectivity index (χ3v) is 3.79. The van der Waals surface area contributed by atoms with Gasteiger partial charge in [0.25, 0.3) is 5.91 Å². The van der Waals surface area contributed by atoms with Gasteiger partial charge < -0.3 is 11.1 Å². The third-order valence-electron chi connectivity index (χ3n) is 2.43. The fourth-order valence-corrected chi connectivity index (χ4v) is 1.93. The summed E-state index contributed by atoms with van der Waals surface area (Å²) in [5.41, 5.74) is 3.55. The molecule has 0 aliphatic carbocycles. The first-order valence-corrected chi connectivity index (χ1v) is 7.25.